The first-order chi connectivity index (χ1) is 12.9. The Morgan fingerprint density at radius 1 is 1.44 bits per heavy atom. The van der Waals surface area contributed by atoms with E-state index in [1.54, 1.807) is 18.2 Å². The van der Waals surface area contributed by atoms with Gasteiger partial charge in [0, 0.05) is 0 Å². The molecule has 0 amide bonds. The van der Waals surface area contributed by atoms with Gasteiger partial charge in [-0.1, -0.05) is 12.0 Å². The van der Waals surface area contributed by atoms with Crippen molar-refractivity contribution in [2.75, 3.05) is 13.2 Å². The Morgan fingerprint density at radius 2 is 2.19 bits per heavy atom. The minimum Gasteiger partial charge on any atom is -0.490 e. The van der Waals surface area contributed by atoms with Crippen LogP contribution in [0.4, 0.5) is 5.69 Å². The van der Waals surface area contributed by atoms with Gasteiger partial charge in [0.2, 0.25) is 0 Å². The van der Waals surface area contributed by atoms with E-state index in [9.17, 15) is 20.0 Å². The average Bonchev–Trinajstić information content (AvgIpc) is 2.58. The number of terminal acetylenes is 1. The van der Waals surface area contributed by atoms with Crippen molar-refractivity contribution in [3.05, 3.63) is 48.5 Å². The first-order valence-electron chi connectivity index (χ1n) is 7.55. The molecule has 140 valence electrons. The van der Waals surface area contributed by atoms with Crippen molar-refractivity contribution in [3.8, 4) is 29.7 Å². The Morgan fingerprint density at radius 3 is 2.78 bits per heavy atom. The molecule has 0 spiro atoms. The van der Waals surface area contributed by atoms with Crippen LogP contribution in [0.15, 0.2) is 21.4 Å². The van der Waals surface area contributed by atoms with Gasteiger partial charge in [-0.15, -0.1) is 6.42 Å². The third kappa shape index (κ3) is 4.86. The van der Waals surface area contributed by atoms with E-state index in [1.165, 1.54) is 6.08 Å². The van der Waals surface area contributed by atoms with Crippen molar-refractivity contribution in [1.82, 2.24) is 9.97 Å². The van der Waals surface area contributed by atoms with E-state index >= 15 is 0 Å². The topological polar surface area (TPSA) is 128 Å². The van der Waals surface area contributed by atoms with Gasteiger partial charge in [0.15, 0.2) is 11.5 Å². The van der Waals surface area contributed by atoms with Gasteiger partial charge in [0.1, 0.15) is 12.4 Å². The molecule has 2 N–H and O–H groups in total. The Hall–Kier alpha value is -3.32. The molecule has 0 aliphatic rings. The fourth-order valence-electron chi connectivity index (χ4n) is 2.09. The predicted octanol–water partition coefficient (Wildman–Crippen LogP) is 2.73. The summed E-state index contributed by atoms with van der Waals surface area (Å²) in [4.78, 5) is 27.2. The Bertz CT molecular complexity index is 993. The van der Waals surface area contributed by atoms with Crippen LogP contribution >= 0.6 is 15.9 Å². The zero-order valence-corrected chi connectivity index (χ0v) is 15.6. The summed E-state index contributed by atoms with van der Waals surface area (Å²) in [7, 11) is 0. The summed E-state index contributed by atoms with van der Waals surface area (Å²) in [6.45, 7) is 2.29. The van der Waals surface area contributed by atoms with Crippen LogP contribution in [0.25, 0.3) is 12.2 Å². The first kappa shape index (κ1) is 20.0. The van der Waals surface area contributed by atoms with Gasteiger partial charge < -0.3 is 19.6 Å². The van der Waals surface area contributed by atoms with E-state index in [4.69, 9.17) is 15.9 Å². The molecule has 0 bridgehead atoms. The summed E-state index contributed by atoms with van der Waals surface area (Å²) >= 11 is 3.38. The molecule has 0 saturated carbocycles. The number of aromatic nitrogens is 2. The van der Waals surface area contributed by atoms with Gasteiger partial charge in [-0.25, -0.2) is 0 Å². The number of ether oxygens (including phenoxy) is 2. The van der Waals surface area contributed by atoms with Crippen molar-refractivity contribution in [3.63, 3.8) is 0 Å². The minimum absolute atomic E-state index is 0.0511. The number of halogens is 1. The predicted molar refractivity (Wildman–Crippen MR) is 102 cm³/mol. The molecule has 0 radical (unpaired) electrons. The number of nitrogens with one attached hydrogen (secondary N) is 1. The van der Waals surface area contributed by atoms with Crippen LogP contribution in [0.5, 0.6) is 17.4 Å². The van der Waals surface area contributed by atoms with Gasteiger partial charge in [-0.2, -0.15) is 4.98 Å². The summed E-state index contributed by atoms with van der Waals surface area (Å²) in [5.41, 5.74) is -1.41. The molecule has 0 aliphatic heterocycles. The monoisotopic (exact) mass is 435 g/mol. The van der Waals surface area contributed by atoms with E-state index in [-0.39, 0.29) is 12.4 Å². The molecule has 1 aromatic heterocycles. The van der Waals surface area contributed by atoms with E-state index in [1.807, 2.05) is 6.92 Å². The maximum atomic E-state index is 11.7. The molecule has 0 saturated heterocycles. The molecule has 2 rings (SSSR count). The smallest absolute Gasteiger partial charge is 0.395 e. The summed E-state index contributed by atoms with van der Waals surface area (Å²) in [5.74, 6) is 2.26. The highest BCUT2D eigenvalue weighted by atomic mass is 79.9. The fourth-order valence-corrected chi connectivity index (χ4v) is 2.67. The quantitative estimate of drug-likeness (QED) is 0.388. The van der Waals surface area contributed by atoms with Crippen LogP contribution in [-0.4, -0.2) is 33.2 Å². The van der Waals surface area contributed by atoms with E-state index in [0.717, 1.165) is 0 Å². The van der Waals surface area contributed by atoms with Crippen molar-refractivity contribution < 1.29 is 19.5 Å². The highest BCUT2D eigenvalue weighted by Crippen LogP contribution is 2.37. The van der Waals surface area contributed by atoms with Crippen molar-refractivity contribution >= 4 is 33.8 Å². The van der Waals surface area contributed by atoms with Crippen LogP contribution in [-0.2, 0) is 0 Å². The zero-order valence-electron chi connectivity index (χ0n) is 14.1. The van der Waals surface area contributed by atoms with E-state index < -0.39 is 22.0 Å². The van der Waals surface area contributed by atoms with E-state index in [2.05, 4.69) is 31.8 Å². The molecule has 9 nitrogen and oxygen atoms in total. The molecular weight excluding hydrogens is 422 g/mol. The second kappa shape index (κ2) is 8.86. The van der Waals surface area contributed by atoms with Gasteiger partial charge in [-0.3, -0.25) is 14.9 Å². The molecule has 27 heavy (non-hydrogen) atoms. The number of aromatic amines is 1. The first-order valence-corrected chi connectivity index (χ1v) is 8.35. The minimum atomic E-state index is -1.05. The lowest BCUT2D eigenvalue weighted by molar-refractivity contribution is -0.387. The van der Waals surface area contributed by atoms with Crippen LogP contribution in [0.2, 0.25) is 0 Å². The number of H-pyrrole nitrogens is 1. The molecular formula is C17H14BrN3O6. The molecule has 2 aromatic rings. The SMILES string of the molecule is C#CCOc1c(Br)cc(/C=C/c2nc(O)c([N+](=O)[O-])c(=O)[nH]2)cc1OCC. The van der Waals surface area contributed by atoms with Crippen molar-refractivity contribution in [2.24, 2.45) is 0 Å². The highest BCUT2D eigenvalue weighted by Gasteiger charge is 2.21. The normalized spacial score (nSPS) is 10.6. The number of hydrogen-bond donors (Lipinski definition) is 2. The summed E-state index contributed by atoms with van der Waals surface area (Å²) in [6, 6.07) is 3.40. The van der Waals surface area contributed by atoms with Crippen LogP contribution in [0.3, 0.4) is 0 Å². The third-order valence-corrected chi connectivity index (χ3v) is 3.73. The van der Waals surface area contributed by atoms with Crippen molar-refractivity contribution in [2.45, 2.75) is 6.92 Å². The Balaban J connectivity index is 2.38. The number of benzene rings is 1. The number of aromatic hydroxyl groups is 1. The van der Waals surface area contributed by atoms with E-state index in [0.29, 0.717) is 28.1 Å². The molecule has 1 aromatic carbocycles. The third-order valence-electron chi connectivity index (χ3n) is 3.14. The molecule has 0 fully saturated rings. The molecule has 10 heteroatoms. The summed E-state index contributed by atoms with van der Waals surface area (Å²) < 4.78 is 11.6. The zero-order chi connectivity index (χ0) is 20.0. The molecule has 0 unspecified atom stereocenters. The number of rotatable bonds is 7. The fraction of sp³-hybridized carbons (Fsp3) is 0.176. The Labute approximate surface area is 161 Å². The Kier molecular flexibility index (Phi) is 6.56. The average molecular weight is 436 g/mol. The van der Waals surface area contributed by atoms with Gasteiger partial charge in [0.05, 0.1) is 16.0 Å². The molecule has 0 aliphatic carbocycles. The molecule has 0 atom stereocenters. The van der Waals surface area contributed by atoms with Crippen LogP contribution in [0.1, 0.15) is 18.3 Å². The largest absolute Gasteiger partial charge is 0.490 e. The van der Waals surface area contributed by atoms with Gasteiger partial charge in [-0.05, 0) is 46.6 Å². The summed E-state index contributed by atoms with van der Waals surface area (Å²) in [5, 5.41) is 20.3. The van der Waals surface area contributed by atoms with Gasteiger partial charge in [0.25, 0.3) is 5.88 Å². The second-order valence-electron chi connectivity index (χ2n) is 4.97. The highest BCUT2D eigenvalue weighted by molar-refractivity contribution is 9.10. The van der Waals surface area contributed by atoms with Crippen LogP contribution in [0, 0.1) is 22.5 Å². The second-order valence-corrected chi connectivity index (χ2v) is 5.82. The lowest BCUT2D eigenvalue weighted by atomic mass is 10.2. The van der Waals surface area contributed by atoms with Crippen LogP contribution < -0.4 is 15.0 Å². The number of nitrogens with zero attached hydrogens (tertiary/aromatic N) is 2. The standard InChI is InChI=1S/C17H14BrN3O6/c1-3-7-27-15-11(18)8-10(9-12(15)26-4-2)5-6-13-19-16(22)14(21(24)25)17(23)20-13/h1,5-6,8-9H,4,7H2,2H3,(H2,19,20,22,23)/b6-5+. The summed E-state index contributed by atoms with van der Waals surface area (Å²) in [6.07, 6.45) is 8.16. The lowest BCUT2D eigenvalue weighted by Crippen LogP contribution is -2.14. The molecule has 1 heterocycles. The number of nitro groups is 1. The maximum absolute atomic E-state index is 11.7. The number of hydrogen-bond acceptors (Lipinski definition) is 7. The van der Waals surface area contributed by atoms with Crippen molar-refractivity contribution in [1.29, 1.82) is 0 Å². The van der Waals surface area contributed by atoms with Gasteiger partial charge >= 0.3 is 11.2 Å². The maximum Gasteiger partial charge on any atom is 0.395 e. The lowest BCUT2D eigenvalue weighted by Gasteiger charge is -2.13.